The number of carbonyl (C=O) groups is 1. The molecule has 1 N–H and O–H groups in total. The minimum atomic E-state index is -3.80. The van der Waals surface area contributed by atoms with Gasteiger partial charge in [-0.3, -0.25) is 9.52 Å². The molecule has 2 aromatic rings. The predicted octanol–water partition coefficient (Wildman–Crippen LogP) is 3.00. The van der Waals surface area contributed by atoms with Gasteiger partial charge in [0.05, 0.1) is 17.7 Å². The van der Waals surface area contributed by atoms with E-state index in [1.807, 2.05) is 6.92 Å². The van der Waals surface area contributed by atoms with Crippen LogP contribution in [0.1, 0.15) is 17.3 Å². The average Bonchev–Trinajstić information content (AvgIpc) is 2.61. The van der Waals surface area contributed by atoms with Gasteiger partial charge in [0.15, 0.2) is 0 Å². The van der Waals surface area contributed by atoms with Crippen molar-refractivity contribution in [3.8, 4) is 0 Å². The predicted molar refractivity (Wildman–Crippen MR) is 100 cm³/mol. The zero-order valence-electron chi connectivity index (χ0n) is 14.2. The molecule has 8 heteroatoms. The number of morpholine rings is 1. The maximum absolute atomic E-state index is 12.5. The standard InChI is InChI=1S/C18H19ClN2O4S/c1-13-12-21(10-11-25-13)18(22)14-6-8-15(9-7-14)20-26(23,24)17-5-3-2-4-16(17)19/h2-9,13,20H,10-12H2,1H3. The maximum atomic E-state index is 12.5. The Kier molecular flexibility index (Phi) is 5.50. The van der Waals surface area contributed by atoms with Crippen molar-refractivity contribution in [3.63, 3.8) is 0 Å². The maximum Gasteiger partial charge on any atom is 0.263 e. The quantitative estimate of drug-likeness (QED) is 0.864. The Morgan fingerprint density at radius 1 is 1.19 bits per heavy atom. The molecule has 1 saturated heterocycles. The highest BCUT2D eigenvalue weighted by Gasteiger charge is 2.23. The molecular weight excluding hydrogens is 376 g/mol. The summed E-state index contributed by atoms with van der Waals surface area (Å²) in [7, 11) is -3.80. The van der Waals surface area contributed by atoms with Gasteiger partial charge in [-0.05, 0) is 43.3 Å². The number of rotatable bonds is 4. The molecule has 0 aliphatic carbocycles. The number of amides is 1. The summed E-state index contributed by atoms with van der Waals surface area (Å²) in [6, 6.07) is 12.5. The minimum Gasteiger partial charge on any atom is -0.375 e. The molecule has 0 saturated carbocycles. The first-order valence-corrected chi connectivity index (χ1v) is 10.0. The SMILES string of the molecule is CC1CN(C(=O)c2ccc(NS(=O)(=O)c3ccccc3Cl)cc2)CCO1. The lowest BCUT2D eigenvalue weighted by Gasteiger charge is -2.31. The highest BCUT2D eigenvalue weighted by atomic mass is 35.5. The first-order chi connectivity index (χ1) is 12.4. The van der Waals surface area contributed by atoms with Crippen LogP contribution < -0.4 is 4.72 Å². The zero-order valence-corrected chi connectivity index (χ0v) is 15.8. The van der Waals surface area contributed by atoms with Gasteiger partial charge in [-0.15, -0.1) is 0 Å². The number of carbonyl (C=O) groups excluding carboxylic acids is 1. The van der Waals surface area contributed by atoms with E-state index in [9.17, 15) is 13.2 Å². The van der Waals surface area contributed by atoms with Gasteiger partial charge in [0.2, 0.25) is 0 Å². The molecule has 6 nitrogen and oxygen atoms in total. The van der Waals surface area contributed by atoms with Gasteiger partial charge in [0.1, 0.15) is 4.90 Å². The number of halogens is 1. The number of hydrogen-bond acceptors (Lipinski definition) is 4. The molecule has 0 aromatic heterocycles. The van der Waals surface area contributed by atoms with E-state index in [1.54, 1.807) is 41.3 Å². The second kappa shape index (κ2) is 7.65. The van der Waals surface area contributed by atoms with Crippen molar-refractivity contribution in [2.24, 2.45) is 0 Å². The summed E-state index contributed by atoms with van der Waals surface area (Å²) in [4.78, 5) is 14.3. The Balaban J connectivity index is 1.74. The molecule has 1 aliphatic heterocycles. The summed E-state index contributed by atoms with van der Waals surface area (Å²) in [5.41, 5.74) is 0.858. The van der Waals surface area contributed by atoms with E-state index in [0.717, 1.165) is 0 Å². The van der Waals surface area contributed by atoms with Crippen molar-refractivity contribution in [2.45, 2.75) is 17.9 Å². The lowest BCUT2D eigenvalue weighted by Crippen LogP contribution is -2.44. The van der Waals surface area contributed by atoms with Crippen LogP contribution in [-0.2, 0) is 14.8 Å². The Morgan fingerprint density at radius 2 is 1.88 bits per heavy atom. The lowest BCUT2D eigenvalue weighted by molar-refractivity contribution is -0.0124. The van der Waals surface area contributed by atoms with E-state index >= 15 is 0 Å². The van der Waals surface area contributed by atoms with Gasteiger partial charge in [0, 0.05) is 24.3 Å². The lowest BCUT2D eigenvalue weighted by atomic mass is 10.1. The van der Waals surface area contributed by atoms with Gasteiger partial charge in [-0.1, -0.05) is 23.7 Å². The highest BCUT2D eigenvalue weighted by molar-refractivity contribution is 7.92. The van der Waals surface area contributed by atoms with Crippen molar-refractivity contribution in [2.75, 3.05) is 24.4 Å². The number of sulfonamides is 1. The summed E-state index contributed by atoms with van der Waals surface area (Å²) < 4.78 is 32.8. The molecule has 1 atom stereocenters. The van der Waals surface area contributed by atoms with Crippen molar-refractivity contribution < 1.29 is 17.9 Å². The molecule has 0 bridgehead atoms. The van der Waals surface area contributed by atoms with Crippen LogP contribution in [0.5, 0.6) is 0 Å². The Hall–Kier alpha value is -2.09. The molecule has 138 valence electrons. The van der Waals surface area contributed by atoms with E-state index in [2.05, 4.69) is 4.72 Å². The molecule has 1 fully saturated rings. The topological polar surface area (TPSA) is 75.7 Å². The molecule has 3 rings (SSSR count). The van der Waals surface area contributed by atoms with Crippen LogP contribution in [0.2, 0.25) is 5.02 Å². The number of hydrogen-bond donors (Lipinski definition) is 1. The molecule has 0 radical (unpaired) electrons. The first-order valence-electron chi connectivity index (χ1n) is 8.15. The number of benzene rings is 2. The van der Waals surface area contributed by atoms with Gasteiger partial charge in [0.25, 0.3) is 15.9 Å². The number of anilines is 1. The molecule has 2 aromatic carbocycles. The summed E-state index contributed by atoms with van der Waals surface area (Å²) in [5, 5.41) is 0.147. The molecule has 1 heterocycles. The van der Waals surface area contributed by atoms with E-state index < -0.39 is 10.0 Å². The van der Waals surface area contributed by atoms with Gasteiger partial charge < -0.3 is 9.64 Å². The molecular formula is C18H19ClN2O4S. The average molecular weight is 395 g/mol. The van der Waals surface area contributed by atoms with E-state index in [0.29, 0.717) is 30.9 Å². The Labute approximate surface area is 157 Å². The van der Waals surface area contributed by atoms with Crippen molar-refractivity contribution in [1.82, 2.24) is 4.90 Å². The van der Waals surface area contributed by atoms with E-state index in [1.165, 1.54) is 12.1 Å². The third-order valence-corrected chi connectivity index (χ3v) is 5.92. The third-order valence-electron chi connectivity index (χ3n) is 4.04. The van der Waals surface area contributed by atoms with Crippen molar-refractivity contribution in [3.05, 3.63) is 59.1 Å². The van der Waals surface area contributed by atoms with Crippen LogP contribution in [0.4, 0.5) is 5.69 Å². The highest BCUT2D eigenvalue weighted by Crippen LogP contribution is 2.23. The van der Waals surface area contributed by atoms with Crippen LogP contribution in [0, 0.1) is 0 Å². The van der Waals surface area contributed by atoms with Crippen molar-refractivity contribution in [1.29, 1.82) is 0 Å². The summed E-state index contributed by atoms with van der Waals surface area (Å²) in [5.74, 6) is -0.0966. The van der Waals surface area contributed by atoms with Crippen LogP contribution in [0.3, 0.4) is 0 Å². The largest absolute Gasteiger partial charge is 0.375 e. The van der Waals surface area contributed by atoms with Gasteiger partial charge in [-0.2, -0.15) is 0 Å². The van der Waals surface area contributed by atoms with E-state index in [4.69, 9.17) is 16.3 Å². The number of nitrogens with zero attached hydrogens (tertiary/aromatic N) is 1. The molecule has 1 aliphatic rings. The fourth-order valence-electron chi connectivity index (χ4n) is 2.74. The second-order valence-electron chi connectivity index (χ2n) is 6.05. The third kappa shape index (κ3) is 4.17. The van der Waals surface area contributed by atoms with Crippen LogP contribution in [0.15, 0.2) is 53.4 Å². The van der Waals surface area contributed by atoms with Crippen molar-refractivity contribution >= 4 is 33.2 Å². The fourth-order valence-corrected chi connectivity index (χ4v) is 4.32. The number of nitrogens with one attached hydrogen (secondary N) is 1. The summed E-state index contributed by atoms with van der Waals surface area (Å²) >= 11 is 5.96. The normalized spacial score (nSPS) is 17.8. The van der Waals surface area contributed by atoms with Gasteiger partial charge in [-0.25, -0.2) is 8.42 Å². The second-order valence-corrected chi connectivity index (χ2v) is 8.10. The summed E-state index contributed by atoms with van der Waals surface area (Å²) in [6.07, 6.45) is 0.00871. The molecule has 1 unspecified atom stereocenters. The Bertz CT molecular complexity index is 900. The number of ether oxygens (including phenoxy) is 1. The molecule has 26 heavy (non-hydrogen) atoms. The van der Waals surface area contributed by atoms with E-state index in [-0.39, 0.29) is 21.9 Å². The molecule has 0 spiro atoms. The summed E-state index contributed by atoms with van der Waals surface area (Å²) in [6.45, 7) is 3.53. The Morgan fingerprint density at radius 3 is 2.54 bits per heavy atom. The van der Waals surface area contributed by atoms with Gasteiger partial charge >= 0.3 is 0 Å². The molecule has 1 amide bonds. The first kappa shape index (κ1) is 18.7. The minimum absolute atomic E-state index is 0.00382. The zero-order chi connectivity index (χ0) is 18.7. The van der Waals surface area contributed by atoms with Crippen LogP contribution in [-0.4, -0.2) is 45.0 Å². The fraction of sp³-hybridized carbons (Fsp3) is 0.278. The van der Waals surface area contributed by atoms with Crippen LogP contribution in [0.25, 0.3) is 0 Å². The monoisotopic (exact) mass is 394 g/mol. The smallest absolute Gasteiger partial charge is 0.263 e. The van der Waals surface area contributed by atoms with Crippen LogP contribution >= 0.6 is 11.6 Å².